The lowest BCUT2D eigenvalue weighted by molar-refractivity contribution is -0.179. The quantitative estimate of drug-likeness (QED) is 0.723. The zero-order valence-electron chi connectivity index (χ0n) is 13.9. The van der Waals surface area contributed by atoms with Gasteiger partial charge < -0.3 is 10.2 Å². The van der Waals surface area contributed by atoms with Crippen LogP contribution in [0.5, 0.6) is 0 Å². The maximum Gasteiger partial charge on any atom is 0.139 e. The van der Waals surface area contributed by atoms with Gasteiger partial charge in [-0.05, 0) is 74.0 Å². The molecule has 0 amide bonds. The summed E-state index contributed by atoms with van der Waals surface area (Å²) in [6.45, 7) is 4.49. The van der Waals surface area contributed by atoms with Gasteiger partial charge in [-0.3, -0.25) is 4.79 Å². The van der Waals surface area contributed by atoms with E-state index in [4.69, 9.17) is 0 Å². The molecule has 0 aliphatic heterocycles. The summed E-state index contributed by atoms with van der Waals surface area (Å²) >= 11 is 0. The van der Waals surface area contributed by atoms with Crippen LogP contribution in [0.15, 0.2) is 0 Å². The molecule has 0 bridgehead atoms. The molecule has 4 saturated carbocycles. The lowest BCUT2D eigenvalue weighted by Crippen LogP contribution is -2.59. The van der Waals surface area contributed by atoms with Crippen molar-refractivity contribution in [3.8, 4) is 0 Å². The monoisotopic (exact) mass is 306 g/mol. The summed E-state index contributed by atoms with van der Waals surface area (Å²) < 4.78 is 0. The maximum atomic E-state index is 12.4. The molecule has 4 aliphatic rings. The van der Waals surface area contributed by atoms with Gasteiger partial charge in [0.1, 0.15) is 5.78 Å². The van der Waals surface area contributed by atoms with Gasteiger partial charge in [0.05, 0.1) is 12.2 Å². The van der Waals surface area contributed by atoms with E-state index in [0.29, 0.717) is 35.9 Å². The largest absolute Gasteiger partial charge is 0.393 e. The van der Waals surface area contributed by atoms with E-state index in [1.165, 1.54) is 6.42 Å². The molecule has 8 atom stereocenters. The first-order valence-electron chi connectivity index (χ1n) is 9.26. The molecule has 4 aliphatic carbocycles. The summed E-state index contributed by atoms with van der Waals surface area (Å²) in [5.41, 5.74) is -0.126. The highest BCUT2D eigenvalue weighted by Gasteiger charge is 2.62. The van der Waals surface area contributed by atoms with E-state index in [1.54, 1.807) is 0 Å². The van der Waals surface area contributed by atoms with Crippen LogP contribution in [0.3, 0.4) is 0 Å². The molecule has 0 radical (unpaired) electrons. The van der Waals surface area contributed by atoms with Crippen LogP contribution in [-0.4, -0.2) is 28.2 Å². The second-order valence-electron chi connectivity index (χ2n) is 9.08. The number of aliphatic hydroxyl groups is 2. The number of rotatable bonds is 0. The molecule has 2 N–H and O–H groups in total. The molecule has 0 aromatic carbocycles. The first-order chi connectivity index (χ1) is 10.4. The van der Waals surface area contributed by atoms with Crippen LogP contribution in [0.4, 0.5) is 0 Å². The van der Waals surface area contributed by atoms with Gasteiger partial charge in [-0.1, -0.05) is 13.8 Å². The first-order valence-corrected chi connectivity index (χ1v) is 9.26. The van der Waals surface area contributed by atoms with Crippen molar-refractivity contribution in [1.82, 2.24) is 0 Å². The molecule has 0 heterocycles. The highest BCUT2D eigenvalue weighted by molar-refractivity contribution is 5.87. The molecule has 3 nitrogen and oxygen atoms in total. The predicted octanol–water partition coefficient (Wildman–Crippen LogP) is 2.93. The summed E-state index contributed by atoms with van der Waals surface area (Å²) in [6, 6.07) is 0. The Labute approximate surface area is 133 Å². The number of fused-ring (bicyclic) bond motifs is 5. The van der Waals surface area contributed by atoms with E-state index in [2.05, 4.69) is 13.8 Å². The third-order valence-corrected chi connectivity index (χ3v) is 8.44. The minimum absolute atomic E-state index is 0.0465. The molecule has 3 unspecified atom stereocenters. The predicted molar refractivity (Wildman–Crippen MR) is 84.1 cm³/mol. The highest BCUT2D eigenvalue weighted by Crippen LogP contribution is 2.65. The van der Waals surface area contributed by atoms with Crippen molar-refractivity contribution in [3.63, 3.8) is 0 Å². The summed E-state index contributed by atoms with van der Waals surface area (Å²) in [4.78, 5) is 12.4. The Kier molecular flexibility index (Phi) is 3.30. The number of Topliss-reactive ketones (excluding diaryl/α,β-unsaturated/α-hetero) is 1. The lowest BCUT2D eigenvalue weighted by Gasteiger charge is -2.61. The highest BCUT2D eigenvalue weighted by atomic mass is 16.3. The molecule has 0 saturated heterocycles. The number of ketones is 1. The fourth-order valence-corrected chi connectivity index (χ4v) is 7.07. The lowest BCUT2D eigenvalue weighted by atomic mass is 9.44. The van der Waals surface area contributed by atoms with E-state index in [9.17, 15) is 15.0 Å². The fraction of sp³-hybridized carbons (Fsp3) is 0.947. The number of carbonyl (C=O) groups excluding carboxylic acids is 1. The Balaban J connectivity index is 1.67. The van der Waals surface area contributed by atoms with Crippen molar-refractivity contribution in [2.75, 3.05) is 0 Å². The number of carbonyl (C=O) groups is 1. The number of aliphatic hydroxyl groups excluding tert-OH is 2. The van der Waals surface area contributed by atoms with Gasteiger partial charge in [-0.2, -0.15) is 0 Å². The van der Waals surface area contributed by atoms with Crippen LogP contribution in [0, 0.1) is 34.5 Å². The van der Waals surface area contributed by atoms with Gasteiger partial charge in [0, 0.05) is 11.8 Å². The Bertz CT molecular complexity index is 489. The van der Waals surface area contributed by atoms with Gasteiger partial charge in [0.2, 0.25) is 0 Å². The van der Waals surface area contributed by atoms with Crippen molar-refractivity contribution in [2.45, 2.75) is 77.4 Å². The molecule has 124 valence electrons. The average Bonchev–Trinajstić information content (AvgIpc) is 2.77. The van der Waals surface area contributed by atoms with E-state index >= 15 is 0 Å². The van der Waals surface area contributed by atoms with Crippen molar-refractivity contribution in [3.05, 3.63) is 0 Å². The Morgan fingerprint density at radius 3 is 2.55 bits per heavy atom. The fourth-order valence-electron chi connectivity index (χ4n) is 7.07. The van der Waals surface area contributed by atoms with E-state index < -0.39 is 0 Å². The zero-order chi connectivity index (χ0) is 15.7. The van der Waals surface area contributed by atoms with Gasteiger partial charge in [0.25, 0.3) is 0 Å². The van der Waals surface area contributed by atoms with Crippen LogP contribution in [0.1, 0.15) is 65.2 Å². The average molecular weight is 306 g/mol. The Morgan fingerprint density at radius 1 is 1.00 bits per heavy atom. The van der Waals surface area contributed by atoms with Gasteiger partial charge in [-0.15, -0.1) is 0 Å². The SMILES string of the molecule is C[C@]12C(O)CC(O)CC1CC[C@@H]1[C@@H]2CC[C@]2(C)C(=O)CC[C@@H]12. The van der Waals surface area contributed by atoms with Crippen LogP contribution >= 0.6 is 0 Å². The number of hydrogen-bond donors (Lipinski definition) is 2. The molecule has 0 aromatic rings. The molecule has 0 spiro atoms. The molecular formula is C19H30O3. The van der Waals surface area contributed by atoms with Crippen LogP contribution in [-0.2, 0) is 4.79 Å². The van der Waals surface area contributed by atoms with E-state index in [-0.39, 0.29) is 23.0 Å². The van der Waals surface area contributed by atoms with Gasteiger partial charge in [0.15, 0.2) is 0 Å². The summed E-state index contributed by atoms with van der Waals surface area (Å²) in [6.07, 6.45) is 6.93. The second kappa shape index (κ2) is 4.80. The third kappa shape index (κ3) is 1.78. The molecular weight excluding hydrogens is 276 g/mol. The van der Waals surface area contributed by atoms with Crippen molar-refractivity contribution in [2.24, 2.45) is 34.5 Å². The van der Waals surface area contributed by atoms with Crippen LogP contribution in [0.25, 0.3) is 0 Å². The van der Waals surface area contributed by atoms with Crippen LogP contribution in [0.2, 0.25) is 0 Å². The summed E-state index contributed by atoms with van der Waals surface area (Å²) in [5.74, 6) is 2.63. The minimum atomic E-state index is -0.379. The van der Waals surface area contributed by atoms with Crippen LogP contribution < -0.4 is 0 Å². The zero-order valence-corrected chi connectivity index (χ0v) is 13.9. The van der Waals surface area contributed by atoms with Crippen molar-refractivity contribution < 1.29 is 15.0 Å². The minimum Gasteiger partial charge on any atom is -0.393 e. The van der Waals surface area contributed by atoms with E-state index in [1.807, 2.05) is 0 Å². The molecule has 22 heavy (non-hydrogen) atoms. The molecule has 4 rings (SSSR count). The number of hydrogen-bond acceptors (Lipinski definition) is 3. The van der Waals surface area contributed by atoms with Crippen molar-refractivity contribution >= 4 is 5.78 Å². The summed E-state index contributed by atoms with van der Waals surface area (Å²) in [5, 5.41) is 20.9. The van der Waals surface area contributed by atoms with Gasteiger partial charge >= 0.3 is 0 Å². The molecule has 3 heteroatoms. The third-order valence-electron chi connectivity index (χ3n) is 8.44. The Hall–Kier alpha value is -0.410. The molecule has 4 fully saturated rings. The maximum absolute atomic E-state index is 12.4. The first kappa shape index (κ1) is 15.1. The topological polar surface area (TPSA) is 57.5 Å². The second-order valence-corrected chi connectivity index (χ2v) is 9.08. The normalized spacial score (nSPS) is 57.9. The van der Waals surface area contributed by atoms with E-state index in [0.717, 1.165) is 38.5 Å². The standard InChI is InChI=1S/C19H30O3/c1-18-8-7-15-13(14(18)5-6-16(18)21)4-3-11-9-12(20)10-17(22)19(11,15)2/h11-15,17,20,22H,3-10H2,1-2H3/t11?,12?,13-,14-,15-,17?,18-,19-/m0/s1. The van der Waals surface area contributed by atoms with Gasteiger partial charge in [-0.25, -0.2) is 0 Å². The van der Waals surface area contributed by atoms with Crippen molar-refractivity contribution in [1.29, 1.82) is 0 Å². The molecule has 0 aromatic heterocycles. The smallest absolute Gasteiger partial charge is 0.139 e. The summed E-state index contributed by atoms with van der Waals surface area (Å²) in [7, 11) is 0. The Morgan fingerprint density at radius 2 is 1.77 bits per heavy atom.